The lowest BCUT2D eigenvalue weighted by atomic mass is 10.0. The van der Waals surface area contributed by atoms with Crippen molar-refractivity contribution in [1.82, 2.24) is 9.78 Å². The highest BCUT2D eigenvalue weighted by Crippen LogP contribution is 2.30. The van der Waals surface area contributed by atoms with E-state index in [0.29, 0.717) is 11.4 Å². The summed E-state index contributed by atoms with van der Waals surface area (Å²) in [5.41, 5.74) is 6.55. The van der Waals surface area contributed by atoms with Crippen LogP contribution in [0.5, 0.6) is 0 Å². The SMILES string of the molecule is Cc1ccc(-c2c(C(=O)O)c(C)nn2-c2ccc(C)c(C)c2)cc1. The van der Waals surface area contributed by atoms with Gasteiger partial charge in [0.05, 0.1) is 17.1 Å². The Kier molecular flexibility index (Phi) is 3.97. The van der Waals surface area contributed by atoms with Crippen LogP contribution in [0.4, 0.5) is 0 Å². The fourth-order valence-electron chi connectivity index (χ4n) is 2.81. The molecule has 0 spiro atoms. The molecular weight excluding hydrogens is 300 g/mol. The minimum atomic E-state index is -0.960. The van der Waals surface area contributed by atoms with E-state index in [4.69, 9.17) is 0 Å². The number of rotatable bonds is 3. The Morgan fingerprint density at radius 2 is 1.62 bits per heavy atom. The van der Waals surface area contributed by atoms with E-state index in [1.54, 1.807) is 11.6 Å². The van der Waals surface area contributed by atoms with Crippen molar-refractivity contribution in [3.63, 3.8) is 0 Å². The molecule has 2 aromatic carbocycles. The molecule has 1 heterocycles. The molecule has 0 bridgehead atoms. The predicted octanol–water partition coefficient (Wildman–Crippen LogP) is 4.47. The van der Waals surface area contributed by atoms with E-state index in [-0.39, 0.29) is 5.56 Å². The van der Waals surface area contributed by atoms with Crippen LogP contribution in [0.2, 0.25) is 0 Å². The van der Waals surface area contributed by atoms with Gasteiger partial charge in [0.1, 0.15) is 5.56 Å². The van der Waals surface area contributed by atoms with Gasteiger partial charge in [0.15, 0.2) is 0 Å². The van der Waals surface area contributed by atoms with Gasteiger partial charge in [-0.1, -0.05) is 35.9 Å². The Balaban J connectivity index is 2.30. The number of aryl methyl sites for hydroxylation is 4. The van der Waals surface area contributed by atoms with Crippen molar-refractivity contribution < 1.29 is 9.90 Å². The van der Waals surface area contributed by atoms with Gasteiger partial charge in [-0.3, -0.25) is 0 Å². The Labute approximate surface area is 141 Å². The van der Waals surface area contributed by atoms with Crippen molar-refractivity contribution in [1.29, 1.82) is 0 Å². The molecule has 122 valence electrons. The van der Waals surface area contributed by atoms with Gasteiger partial charge >= 0.3 is 5.97 Å². The molecule has 0 atom stereocenters. The summed E-state index contributed by atoms with van der Waals surface area (Å²) < 4.78 is 1.73. The first kappa shape index (κ1) is 16.0. The fraction of sp³-hybridized carbons (Fsp3) is 0.200. The van der Waals surface area contributed by atoms with Crippen LogP contribution in [-0.4, -0.2) is 20.9 Å². The number of carboxylic acid groups (broad SMARTS) is 1. The molecule has 0 fully saturated rings. The smallest absolute Gasteiger partial charge is 0.339 e. The summed E-state index contributed by atoms with van der Waals surface area (Å²) in [5, 5.41) is 14.2. The summed E-state index contributed by atoms with van der Waals surface area (Å²) in [6, 6.07) is 13.9. The van der Waals surface area contributed by atoms with E-state index in [9.17, 15) is 9.90 Å². The molecule has 1 N–H and O–H groups in total. The maximum atomic E-state index is 11.8. The van der Waals surface area contributed by atoms with Crippen molar-refractivity contribution >= 4 is 5.97 Å². The van der Waals surface area contributed by atoms with Gasteiger partial charge in [-0.15, -0.1) is 0 Å². The number of nitrogens with zero attached hydrogens (tertiary/aromatic N) is 2. The molecular formula is C20H20N2O2. The summed E-state index contributed by atoms with van der Waals surface area (Å²) in [6.07, 6.45) is 0. The van der Waals surface area contributed by atoms with Crippen LogP contribution in [-0.2, 0) is 0 Å². The minimum Gasteiger partial charge on any atom is -0.478 e. The molecule has 3 rings (SSSR count). The highest BCUT2D eigenvalue weighted by atomic mass is 16.4. The Hall–Kier alpha value is -2.88. The molecule has 3 aromatic rings. The van der Waals surface area contributed by atoms with E-state index >= 15 is 0 Å². The second kappa shape index (κ2) is 5.96. The Bertz CT molecular complexity index is 922. The van der Waals surface area contributed by atoms with Crippen molar-refractivity contribution in [2.75, 3.05) is 0 Å². The fourth-order valence-corrected chi connectivity index (χ4v) is 2.81. The summed E-state index contributed by atoms with van der Waals surface area (Å²) >= 11 is 0. The minimum absolute atomic E-state index is 0.247. The highest BCUT2D eigenvalue weighted by molar-refractivity contribution is 5.96. The third-order valence-electron chi connectivity index (χ3n) is 4.33. The van der Waals surface area contributed by atoms with Crippen LogP contribution in [0.25, 0.3) is 16.9 Å². The molecule has 0 saturated heterocycles. The maximum absolute atomic E-state index is 11.8. The van der Waals surface area contributed by atoms with Crippen molar-refractivity contribution in [3.05, 3.63) is 70.4 Å². The van der Waals surface area contributed by atoms with Crippen LogP contribution < -0.4 is 0 Å². The van der Waals surface area contributed by atoms with Crippen LogP contribution in [0.3, 0.4) is 0 Å². The average molecular weight is 320 g/mol. The van der Waals surface area contributed by atoms with E-state index in [1.807, 2.05) is 56.3 Å². The van der Waals surface area contributed by atoms with Gasteiger partial charge in [0.25, 0.3) is 0 Å². The first-order chi connectivity index (χ1) is 11.4. The van der Waals surface area contributed by atoms with Crippen molar-refractivity contribution in [2.24, 2.45) is 0 Å². The first-order valence-corrected chi connectivity index (χ1v) is 7.86. The average Bonchev–Trinajstić information content (AvgIpc) is 2.88. The molecule has 4 heteroatoms. The third-order valence-corrected chi connectivity index (χ3v) is 4.33. The molecule has 0 aliphatic carbocycles. The number of hydrogen-bond donors (Lipinski definition) is 1. The molecule has 0 aliphatic rings. The van der Waals surface area contributed by atoms with Gasteiger partial charge in [0.2, 0.25) is 0 Å². The molecule has 24 heavy (non-hydrogen) atoms. The van der Waals surface area contributed by atoms with E-state index in [0.717, 1.165) is 22.4 Å². The van der Waals surface area contributed by atoms with E-state index < -0.39 is 5.97 Å². The molecule has 0 amide bonds. The number of benzene rings is 2. The summed E-state index contributed by atoms with van der Waals surface area (Å²) in [7, 11) is 0. The van der Waals surface area contributed by atoms with Crippen molar-refractivity contribution in [2.45, 2.75) is 27.7 Å². The zero-order valence-electron chi connectivity index (χ0n) is 14.3. The van der Waals surface area contributed by atoms with Crippen LogP contribution in [0.15, 0.2) is 42.5 Å². The highest BCUT2D eigenvalue weighted by Gasteiger charge is 2.23. The van der Waals surface area contributed by atoms with Gasteiger partial charge < -0.3 is 5.11 Å². The van der Waals surface area contributed by atoms with Gasteiger partial charge in [0, 0.05) is 5.56 Å². The second-order valence-corrected chi connectivity index (χ2v) is 6.16. The summed E-state index contributed by atoms with van der Waals surface area (Å²) in [4.78, 5) is 11.8. The number of aromatic nitrogens is 2. The Morgan fingerprint density at radius 1 is 0.958 bits per heavy atom. The standard InChI is InChI=1S/C20H20N2O2/c1-12-5-8-16(9-6-12)19-18(20(23)24)15(4)21-22(19)17-10-7-13(2)14(3)11-17/h5-11H,1-4H3,(H,23,24). The Morgan fingerprint density at radius 3 is 2.21 bits per heavy atom. The number of carbonyl (C=O) groups is 1. The molecule has 4 nitrogen and oxygen atoms in total. The number of hydrogen-bond acceptors (Lipinski definition) is 2. The first-order valence-electron chi connectivity index (χ1n) is 7.86. The largest absolute Gasteiger partial charge is 0.478 e. The monoisotopic (exact) mass is 320 g/mol. The van der Waals surface area contributed by atoms with Crippen LogP contribution in [0.1, 0.15) is 32.7 Å². The second-order valence-electron chi connectivity index (χ2n) is 6.16. The third kappa shape index (κ3) is 2.71. The zero-order valence-corrected chi connectivity index (χ0v) is 14.3. The van der Waals surface area contributed by atoms with Gasteiger partial charge in [-0.05, 0) is 51.0 Å². The lowest BCUT2D eigenvalue weighted by Gasteiger charge is -2.11. The zero-order chi connectivity index (χ0) is 17.4. The molecule has 0 radical (unpaired) electrons. The predicted molar refractivity (Wildman–Crippen MR) is 94.9 cm³/mol. The lowest BCUT2D eigenvalue weighted by molar-refractivity contribution is 0.0697. The number of aromatic carboxylic acids is 1. The summed E-state index contributed by atoms with van der Waals surface area (Å²) in [5.74, 6) is -0.960. The van der Waals surface area contributed by atoms with E-state index in [1.165, 1.54) is 5.56 Å². The van der Waals surface area contributed by atoms with Crippen LogP contribution >= 0.6 is 0 Å². The molecule has 1 aromatic heterocycles. The van der Waals surface area contributed by atoms with Crippen molar-refractivity contribution in [3.8, 4) is 16.9 Å². The molecule has 0 aliphatic heterocycles. The molecule has 0 saturated carbocycles. The number of carboxylic acids is 1. The topological polar surface area (TPSA) is 55.1 Å². The molecule has 0 unspecified atom stereocenters. The van der Waals surface area contributed by atoms with Crippen LogP contribution in [0, 0.1) is 27.7 Å². The van der Waals surface area contributed by atoms with E-state index in [2.05, 4.69) is 12.0 Å². The quantitative estimate of drug-likeness (QED) is 0.774. The summed E-state index contributed by atoms with van der Waals surface area (Å²) in [6.45, 7) is 7.84. The normalized spacial score (nSPS) is 10.8. The van der Waals surface area contributed by atoms with Gasteiger partial charge in [-0.2, -0.15) is 5.10 Å². The lowest BCUT2D eigenvalue weighted by Crippen LogP contribution is -2.03. The van der Waals surface area contributed by atoms with Gasteiger partial charge in [-0.25, -0.2) is 9.48 Å². The maximum Gasteiger partial charge on any atom is 0.339 e.